The smallest absolute Gasteiger partial charge is 0.342 e. The maximum Gasteiger partial charge on any atom is 0.342 e. The lowest BCUT2D eigenvalue weighted by atomic mass is 10.2. The van der Waals surface area contributed by atoms with E-state index in [9.17, 15) is 19.7 Å². The van der Waals surface area contributed by atoms with Gasteiger partial charge in [0.15, 0.2) is 0 Å². The molecular weight excluding hydrogens is 272 g/mol. The molecule has 0 unspecified atom stereocenters. The van der Waals surface area contributed by atoms with Crippen LogP contribution in [0.3, 0.4) is 0 Å². The molecule has 0 aliphatic carbocycles. The molecule has 1 aromatic carbocycles. The molecule has 19 heavy (non-hydrogen) atoms. The van der Waals surface area contributed by atoms with Crippen LogP contribution in [0.5, 0.6) is 0 Å². The van der Waals surface area contributed by atoms with E-state index in [1.165, 1.54) is 17.0 Å². The minimum absolute atomic E-state index is 0.130. The van der Waals surface area contributed by atoms with Gasteiger partial charge in [0.25, 0.3) is 5.69 Å². The van der Waals surface area contributed by atoms with Crippen molar-refractivity contribution in [3.63, 3.8) is 0 Å². The number of carboxylic acid groups (broad SMARTS) is 1. The molecule has 0 atom stereocenters. The van der Waals surface area contributed by atoms with Crippen molar-refractivity contribution in [2.75, 3.05) is 19.8 Å². The van der Waals surface area contributed by atoms with Gasteiger partial charge in [0.2, 0.25) is 5.91 Å². The van der Waals surface area contributed by atoms with E-state index >= 15 is 0 Å². The fourth-order valence-electron chi connectivity index (χ4n) is 1.21. The van der Waals surface area contributed by atoms with Crippen molar-refractivity contribution in [3.8, 4) is 0 Å². The van der Waals surface area contributed by atoms with E-state index in [1.54, 1.807) is 14.1 Å². The monoisotopic (exact) mass is 284 g/mol. The Balaban J connectivity index is 2.93. The summed E-state index contributed by atoms with van der Waals surface area (Å²) in [7, 11) is 3.22. The Morgan fingerprint density at radius 3 is 2.53 bits per heavy atom. The number of nitro groups is 1. The third-order valence-corrected chi connectivity index (χ3v) is 3.24. The molecule has 102 valence electrons. The van der Waals surface area contributed by atoms with Gasteiger partial charge in [-0.1, -0.05) is 0 Å². The first-order chi connectivity index (χ1) is 8.82. The number of aromatic carboxylic acids is 1. The predicted octanol–water partition coefficient (Wildman–Crippen LogP) is 1.47. The van der Waals surface area contributed by atoms with Gasteiger partial charge in [-0.25, -0.2) is 4.79 Å². The Labute approximate surface area is 113 Å². The molecule has 0 aromatic heterocycles. The van der Waals surface area contributed by atoms with Crippen molar-refractivity contribution in [1.29, 1.82) is 0 Å². The topological polar surface area (TPSA) is 101 Å². The van der Waals surface area contributed by atoms with Gasteiger partial charge in [-0.05, 0) is 12.1 Å². The molecule has 0 fully saturated rings. The third-order valence-electron chi connectivity index (χ3n) is 2.26. The SMILES string of the molecule is CN(C)C(=O)CSc1ccc(C(=O)O)c([N+](=O)[O-])c1. The van der Waals surface area contributed by atoms with Crippen molar-refractivity contribution < 1.29 is 19.6 Å². The van der Waals surface area contributed by atoms with Gasteiger partial charge in [0.05, 0.1) is 10.7 Å². The number of carbonyl (C=O) groups is 2. The number of carbonyl (C=O) groups excluding carboxylic acids is 1. The predicted molar refractivity (Wildman–Crippen MR) is 69.5 cm³/mol. The Kier molecular flexibility index (Phi) is 4.87. The van der Waals surface area contributed by atoms with E-state index in [4.69, 9.17) is 5.11 Å². The van der Waals surface area contributed by atoms with Gasteiger partial charge in [0, 0.05) is 25.1 Å². The molecule has 0 radical (unpaired) electrons. The number of rotatable bonds is 5. The maximum atomic E-state index is 11.4. The van der Waals surface area contributed by atoms with Gasteiger partial charge in [-0.15, -0.1) is 11.8 Å². The molecule has 1 N–H and O–H groups in total. The van der Waals surface area contributed by atoms with Gasteiger partial charge >= 0.3 is 5.97 Å². The van der Waals surface area contributed by atoms with E-state index in [-0.39, 0.29) is 17.2 Å². The van der Waals surface area contributed by atoms with Crippen molar-refractivity contribution >= 4 is 29.3 Å². The average molecular weight is 284 g/mol. The second-order valence-electron chi connectivity index (χ2n) is 3.82. The zero-order valence-electron chi connectivity index (χ0n) is 10.3. The molecule has 0 bridgehead atoms. The average Bonchev–Trinajstić information content (AvgIpc) is 2.35. The van der Waals surface area contributed by atoms with Crippen LogP contribution in [0.4, 0.5) is 5.69 Å². The zero-order chi connectivity index (χ0) is 14.6. The summed E-state index contributed by atoms with van der Waals surface area (Å²) in [5.41, 5.74) is -0.844. The zero-order valence-corrected chi connectivity index (χ0v) is 11.1. The van der Waals surface area contributed by atoms with E-state index in [2.05, 4.69) is 0 Å². The minimum Gasteiger partial charge on any atom is -0.477 e. The van der Waals surface area contributed by atoms with Crippen LogP contribution < -0.4 is 0 Å². The summed E-state index contributed by atoms with van der Waals surface area (Å²) in [6, 6.07) is 3.78. The normalized spacial score (nSPS) is 10.0. The summed E-state index contributed by atoms with van der Waals surface area (Å²) in [5.74, 6) is -1.35. The molecule has 0 saturated heterocycles. The molecule has 0 heterocycles. The van der Waals surface area contributed by atoms with Gasteiger partial charge in [0.1, 0.15) is 5.56 Å². The molecule has 0 aliphatic rings. The van der Waals surface area contributed by atoms with Crippen LogP contribution in [0.2, 0.25) is 0 Å². The largest absolute Gasteiger partial charge is 0.477 e. The fraction of sp³-hybridized carbons (Fsp3) is 0.273. The van der Waals surface area contributed by atoms with Crippen molar-refractivity contribution in [2.45, 2.75) is 4.90 Å². The van der Waals surface area contributed by atoms with Crippen molar-refractivity contribution in [2.24, 2.45) is 0 Å². The Bertz CT molecular complexity index is 530. The van der Waals surface area contributed by atoms with Crippen LogP contribution in [-0.2, 0) is 4.79 Å². The number of hydrogen-bond acceptors (Lipinski definition) is 5. The highest BCUT2D eigenvalue weighted by Crippen LogP contribution is 2.26. The second-order valence-corrected chi connectivity index (χ2v) is 4.87. The summed E-state index contributed by atoms with van der Waals surface area (Å²) in [4.78, 5) is 34.1. The highest BCUT2D eigenvalue weighted by Gasteiger charge is 2.20. The lowest BCUT2D eigenvalue weighted by Gasteiger charge is -2.09. The first-order valence-electron chi connectivity index (χ1n) is 5.17. The lowest BCUT2D eigenvalue weighted by molar-refractivity contribution is -0.385. The number of nitro benzene ring substituents is 1. The molecular formula is C11H12N2O5S. The Hall–Kier alpha value is -2.09. The number of carboxylic acids is 1. The molecule has 0 spiro atoms. The van der Waals surface area contributed by atoms with E-state index in [1.807, 2.05) is 0 Å². The van der Waals surface area contributed by atoms with Crippen LogP contribution >= 0.6 is 11.8 Å². The fourth-order valence-corrected chi connectivity index (χ4v) is 2.11. The number of hydrogen-bond donors (Lipinski definition) is 1. The van der Waals surface area contributed by atoms with Crippen molar-refractivity contribution in [1.82, 2.24) is 4.90 Å². The summed E-state index contributed by atoms with van der Waals surface area (Å²) in [6.45, 7) is 0. The molecule has 1 rings (SSSR count). The van der Waals surface area contributed by atoms with Gasteiger partial charge in [-0.3, -0.25) is 14.9 Å². The van der Waals surface area contributed by atoms with Gasteiger partial charge in [-0.2, -0.15) is 0 Å². The Morgan fingerprint density at radius 2 is 2.05 bits per heavy atom. The van der Waals surface area contributed by atoms with Crippen LogP contribution in [0, 0.1) is 10.1 Å². The van der Waals surface area contributed by atoms with Crippen LogP contribution in [0.15, 0.2) is 23.1 Å². The van der Waals surface area contributed by atoms with E-state index in [0.29, 0.717) is 4.90 Å². The molecule has 0 saturated carbocycles. The molecule has 1 aromatic rings. The number of nitrogens with zero attached hydrogens (tertiary/aromatic N) is 2. The van der Waals surface area contributed by atoms with E-state index in [0.717, 1.165) is 17.8 Å². The standard InChI is InChI=1S/C11H12N2O5S/c1-12(2)10(14)6-19-7-3-4-8(11(15)16)9(5-7)13(17)18/h3-5H,6H2,1-2H3,(H,15,16). The van der Waals surface area contributed by atoms with Crippen LogP contribution in [-0.4, -0.2) is 46.7 Å². The Morgan fingerprint density at radius 1 is 1.42 bits per heavy atom. The molecule has 7 nitrogen and oxygen atoms in total. The van der Waals surface area contributed by atoms with E-state index < -0.39 is 16.6 Å². The third kappa shape index (κ3) is 3.95. The first kappa shape index (κ1) is 15.0. The molecule has 0 aliphatic heterocycles. The molecule has 1 amide bonds. The van der Waals surface area contributed by atoms with Crippen molar-refractivity contribution in [3.05, 3.63) is 33.9 Å². The second kappa shape index (κ2) is 6.19. The molecule has 8 heteroatoms. The summed E-state index contributed by atoms with van der Waals surface area (Å²) in [5, 5.41) is 19.6. The van der Waals surface area contributed by atoms with Crippen LogP contribution in [0.1, 0.15) is 10.4 Å². The quantitative estimate of drug-likeness (QED) is 0.499. The lowest BCUT2D eigenvalue weighted by Crippen LogP contribution is -2.23. The number of benzene rings is 1. The maximum absolute atomic E-state index is 11.4. The first-order valence-corrected chi connectivity index (χ1v) is 6.16. The van der Waals surface area contributed by atoms with Crippen LogP contribution in [0.25, 0.3) is 0 Å². The highest BCUT2D eigenvalue weighted by atomic mass is 32.2. The summed E-state index contributed by atoms with van der Waals surface area (Å²) in [6.07, 6.45) is 0. The minimum atomic E-state index is -1.35. The van der Waals surface area contributed by atoms with Gasteiger partial charge < -0.3 is 10.0 Å². The number of thioether (sulfide) groups is 1. The number of amides is 1. The highest BCUT2D eigenvalue weighted by molar-refractivity contribution is 8.00. The summed E-state index contributed by atoms with van der Waals surface area (Å²) >= 11 is 1.12. The summed E-state index contributed by atoms with van der Waals surface area (Å²) < 4.78 is 0.